The molecule has 3 N–H and O–H groups in total. The molecule has 0 radical (unpaired) electrons. The van der Waals surface area contributed by atoms with E-state index in [2.05, 4.69) is 5.32 Å². The minimum absolute atomic E-state index is 0.187. The number of imide groups is 1. The van der Waals surface area contributed by atoms with Gasteiger partial charge in [0.25, 0.3) is 0 Å². The van der Waals surface area contributed by atoms with Gasteiger partial charge in [-0.1, -0.05) is 12.1 Å². The van der Waals surface area contributed by atoms with Gasteiger partial charge < -0.3 is 10.5 Å². The Kier molecular flexibility index (Phi) is 3.44. The van der Waals surface area contributed by atoms with Gasteiger partial charge in [0.15, 0.2) is 0 Å². The van der Waals surface area contributed by atoms with Crippen LogP contribution in [0.3, 0.4) is 0 Å². The molecule has 1 atom stereocenters. The van der Waals surface area contributed by atoms with Gasteiger partial charge in [-0.25, -0.2) is 0 Å². The van der Waals surface area contributed by atoms with Crippen LogP contribution in [0.1, 0.15) is 37.2 Å². The first-order chi connectivity index (χ1) is 9.61. The second-order valence-corrected chi connectivity index (χ2v) is 5.54. The van der Waals surface area contributed by atoms with Gasteiger partial charge in [0.05, 0.1) is 5.92 Å². The summed E-state index contributed by atoms with van der Waals surface area (Å²) in [6.07, 6.45) is 2.98. The van der Waals surface area contributed by atoms with Crippen LogP contribution in [0.2, 0.25) is 0 Å². The number of hydrogen-bond donors (Lipinski definition) is 2. The maximum atomic E-state index is 11.8. The van der Waals surface area contributed by atoms with E-state index in [-0.39, 0.29) is 29.9 Å². The molecule has 106 valence electrons. The third-order valence-corrected chi connectivity index (χ3v) is 3.96. The number of carbonyl (C=O) groups is 2. The Bertz CT molecular complexity index is 520. The Hall–Kier alpha value is -1.88. The van der Waals surface area contributed by atoms with Crippen molar-refractivity contribution >= 4 is 11.8 Å². The first kappa shape index (κ1) is 13.1. The van der Waals surface area contributed by atoms with Crippen LogP contribution in [-0.4, -0.2) is 24.0 Å². The van der Waals surface area contributed by atoms with Crippen LogP contribution in [0, 0.1) is 0 Å². The minimum Gasteiger partial charge on any atom is -0.490 e. The highest BCUT2D eigenvalue weighted by atomic mass is 16.5. The Balaban J connectivity index is 1.63. The first-order valence-corrected chi connectivity index (χ1v) is 6.97. The summed E-state index contributed by atoms with van der Waals surface area (Å²) >= 11 is 0. The molecule has 20 heavy (non-hydrogen) atoms. The summed E-state index contributed by atoms with van der Waals surface area (Å²) in [7, 11) is 0. The van der Waals surface area contributed by atoms with E-state index in [4.69, 9.17) is 10.5 Å². The molecule has 1 aromatic carbocycles. The second kappa shape index (κ2) is 5.25. The molecule has 3 rings (SSSR count). The monoisotopic (exact) mass is 274 g/mol. The molecule has 1 saturated carbocycles. The summed E-state index contributed by atoms with van der Waals surface area (Å²) in [5, 5.41) is 2.37. The Morgan fingerprint density at radius 2 is 1.85 bits per heavy atom. The van der Waals surface area contributed by atoms with E-state index in [1.807, 2.05) is 24.3 Å². The summed E-state index contributed by atoms with van der Waals surface area (Å²) in [6, 6.07) is 7.82. The molecule has 2 amide bonds. The average molecular weight is 274 g/mol. The molecule has 2 aliphatic rings. The van der Waals surface area contributed by atoms with E-state index >= 15 is 0 Å². The van der Waals surface area contributed by atoms with Gasteiger partial charge in [0.1, 0.15) is 11.9 Å². The fourth-order valence-electron chi connectivity index (χ4n) is 2.69. The molecule has 1 saturated heterocycles. The molecule has 0 bridgehead atoms. The number of hydrogen-bond acceptors (Lipinski definition) is 4. The fraction of sp³-hybridized carbons (Fsp3) is 0.467. The van der Waals surface area contributed by atoms with Crippen LogP contribution in [0.25, 0.3) is 0 Å². The highest BCUT2D eigenvalue weighted by molar-refractivity contribution is 6.00. The second-order valence-electron chi connectivity index (χ2n) is 5.54. The smallest absolute Gasteiger partial charge is 0.234 e. The lowest BCUT2D eigenvalue weighted by molar-refractivity contribution is -0.134. The lowest BCUT2D eigenvalue weighted by Crippen LogP contribution is -2.43. The van der Waals surface area contributed by atoms with Crippen LogP contribution < -0.4 is 15.8 Å². The number of piperidine rings is 1. The van der Waals surface area contributed by atoms with Crippen LogP contribution in [0.4, 0.5) is 0 Å². The molecule has 1 aromatic rings. The molecular formula is C15H18N2O3. The lowest BCUT2D eigenvalue weighted by Gasteiger charge is -2.32. The van der Waals surface area contributed by atoms with Gasteiger partial charge in [0.2, 0.25) is 11.8 Å². The maximum absolute atomic E-state index is 11.8. The Morgan fingerprint density at radius 1 is 1.15 bits per heavy atom. The lowest BCUT2D eigenvalue weighted by atomic mass is 9.89. The van der Waals surface area contributed by atoms with E-state index in [0.29, 0.717) is 12.8 Å². The van der Waals surface area contributed by atoms with Crippen molar-refractivity contribution in [1.82, 2.24) is 5.32 Å². The number of amides is 2. The average Bonchev–Trinajstić information content (AvgIpc) is 2.38. The largest absolute Gasteiger partial charge is 0.490 e. The van der Waals surface area contributed by atoms with Crippen molar-refractivity contribution in [3.8, 4) is 5.75 Å². The highest BCUT2D eigenvalue weighted by Gasteiger charge is 2.29. The summed E-state index contributed by atoms with van der Waals surface area (Å²) in [4.78, 5) is 22.9. The van der Waals surface area contributed by atoms with Crippen LogP contribution >= 0.6 is 0 Å². The number of nitrogens with one attached hydrogen (secondary N) is 1. The van der Waals surface area contributed by atoms with Crippen molar-refractivity contribution in [2.45, 2.75) is 43.7 Å². The topological polar surface area (TPSA) is 81.4 Å². The maximum Gasteiger partial charge on any atom is 0.234 e. The van der Waals surface area contributed by atoms with Gasteiger partial charge in [0, 0.05) is 12.5 Å². The van der Waals surface area contributed by atoms with Crippen LogP contribution in [-0.2, 0) is 9.59 Å². The molecule has 2 fully saturated rings. The van der Waals surface area contributed by atoms with Gasteiger partial charge in [-0.2, -0.15) is 0 Å². The number of rotatable bonds is 3. The number of benzene rings is 1. The molecule has 1 aliphatic heterocycles. The third-order valence-electron chi connectivity index (χ3n) is 3.96. The molecule has 0 aromatic heterocycles. The van der Waals surface area contributed by atoms with E-state index in [0.717, 1.165) is 24.2 Å². The fourth-order valence-corrected chi connectivity index (χ4v) is 2.69. The molecule has 1 unspecified atom stereocenters. The van der Waals surface area contributed by atoms with Crippen molar-refractivity contribution < 1.29 is 14.3 Å². The van der Waals surface area contributed by atoms with Crippen molar-refractivity contribution in [3.63, 3.8) is 0 Å². The Morgan fingerprint density at radius 3 is 2.45 bits per heavy atom. The first-order valence-electron chi connectivity index (χ1n) is 6.97. The highest BCUT2D eigenvalue weighted by Crippen LogP contribution is 2.28. The predicted octanol–water partition coefficient (Wildman–Crippen LogP) is 1.08. The van der Waals surface area contributed by atoms with Gasteiger partial charge in [-0.05, 0) is 37.0 Å². The Labute approximate surface area is 117 Å². The van der Waals surface area contributed by atoms with Crippen molar-refractivity contribution in [1.29, 1.82) is 0 Å². The van der Waals surface area contributed by atoms with Gasteiger partial charge in [-0.3, -0.25) is 14.9 Å². The predicted molar refractivity (Wildman–Crippen MR) is 73.2 cm³/mol. The zero-order valence-corrected chi connectivity index (χ0v) is 11.2. The van der Waals surface area contributed by atoms with Gasteiger partial charge in [-0.15, -0.1) is 0 Å². The summed E-state index contributed by atoms with van der Waals surface area (Å²) in [5.41, 5.74) is 6.64. The summed E-state index contributed by atoms with van der Waals surface area (Å²) in [6.45, 7) is 0. The number of nitrogens with two attached hydrogens (primary N) is 1. The zero-order valence-electron chi connectivity index (χ0n) is 11.2. The van der Waals surface area contributed by atoms with Gasteiger partial charge >= 0.3 is 0 Å². The van der Waals surface area contributed by atoms with Crippen molar-refractivity contribution in [2.75, 3.05) is 0 Å². The quantitative estimate of drug-likeness (QED) is 0.808. The molecular weight excluding hydrogens is 256 g/mol. The standard InChI is InChI=1S/C15H18N2O3/c16-10-7-12(8-10)20-11-3-1-9(2-4-11)13-5-6-14(18)17-15(13)19/h1-4,10,12-13H,5-8,16H2,(H,17,18,19). The molecule has 1 aliphatic carbocycles. The van der Waals surface area contributed by atoms with Crippen molar-refractivity contribution in [3.05, 3.63) is 29.8 Å². The van der Waals surface area contributed by atoms with E-state index in [9.17, 15) is 9.59 Å². The van der Waals surface area contributed by atoms with Crippen molar-refractivity contribution in [2.24, 2.45) is 5.73 Å². The molecule has 5 heteroatoms. The third kappa shape index (κ3) is 2.67. The van der Waals surface area contributed by atoms with E-state index < -0.39 is 0 Å². The van der Waals surface area contributed by atoms with E-state index in [1.54, 1.807) is 0 Å². The van der Waals surface area contributed by atoms with Crippen LogP contribution in [0.15, 0.2) is 24.3 Å². The normalized spacial score (nSPS) is 29.6. The minimum atomic E-state index is -0.237. The van der Waals surface area contributed by atoms with E-state index in [1.165, 1.54) is 0 Å². The summed E-state index contributed by atoms with van der Waals surface area (Å²) in [5.74, 6) is 0.171. The van der Waals surface area contributed by atoms with Crippen LogP contribution in [0.5, 0.6) is 5.75 Å². The molecule has 5 nitrogen and oxygen atoms in total. The number of ether oxygens (including phenoxy) is 1. The number of carbonyl (C=O) groups excluding carboxylic acids is 2. The SMILES string of the molecule is NC1CC(Oc2ccc(C3CCC(=O)NC3=O)cc2)C1. The molecule has 1 heterocycles. The zero-order chi connectivity index (χ0) is 14.1. The molecule has 0 spiro atoms. The summed E-state index contributed by atoms with van der Waals surface area (Å²) < 4.78 is 5.77.